The zero-order chi connectivity index (χ0) is 27.8. The number of thiazole rings is 1. The fraction of sp³-hybridized carbons (Fsp3) is 0.607. The maximum absolute atomic E-state index is 13.2. The van der Waals surface area contributed by atoms with Gasteiger partial charge in [-0.05, 0) is 50.3 Å². The maximum Gasteiger partial charge on any atom is 0.275 e. The number of nitrogens with zero attached hydrogens (tertiary/aromatic N) is 3. The molecule has 0 unspecified atom stereocenters. The second-order valence-electron chi connectivity index (χ2n) is 10.8. The molecule has 2 amide bonds. The van der Waals surface area contributed by atoms with Crippen molar-refractivity contribution in [2.45, 2.75) is 38.8 Å². The predicted molar refractivity (Wildman–Crippen MR) is 153 cm³/mol. The molecular formula is C28H41N5O5S. The van der Waals surface area contributed by atoms with Crippen molar-refractivity contribution in [3.05, 3.63) is 40.4 Å². The van der Waals surface area contributed by atoms with Crippen LogP contribution in [0, 0.1) is 5.92 Å². The van der Waals surface area contributed by atoms with Gasteiger partial charge in [-0.25, -0.2) is 4.98 Å². The van der Waals surface area contributed by atoms with Crippen molar-refractivity contribution in [1.29, 1.82) is 0 Å². The summed E-state index contributed by atoms with van der Waals surface area (Å²) in [5.74, 6) is -0.136. The summed E-state index contributed by atoms with van der Waals surface area (Å²) in [6.07, 6.45) is 2.21. The molecule has 0 bridgehead atoms. The van der Waals surface area contributed by atoms with Crippen molar-refractivity contribution in [3.8, 4) is 0 Å². The molecule has 214 valence electrons. The lowest BCUT2D eigenvalue weighted by atomic mass is 9.99. The van der Waals surface area contributed by atoms with Gasteiger partial charge in [0, 0.05) is 57.9 Å². The van der Waals surface area contributed by atoms with E-state index in [0.29, 0.717) is 55.8 Å². The molecule has 2 aliphatic heterocycles. The molecule has 2 aliphatic rings. The molecule has 11 heteroatoms. The number of rotatable bonds is 11. The minimum Gasteiger partial charge on any atom is -0.384 e. The van der Waals surface area contributed by atoms with E-state index in [1.807, 2.05) is 12.1 Å². The van der Waals surface area contributed by atoms with Crippen LogP contribution in [0.3, 0.4) is 0 Å². The summed E-state index contributed by atoms with van der Waals surface area (Å²) in [5.41, 5.74) is 2.09. The molecule has 2 saturated heterocycles. The molecule has 0 saturated carbocycles. The van der Waals surface area contributed by atoms with Crippen LogP contribution in [0.2, 0.25) is 0 Å². The van der Waals surface area contributed by atoms with Crippen LogP contribution in [-0.2, 0) is 20.8 Å². The highest BCUT2D eigenvalue weighted by Crippen LogP contribution is 2.28. The van der Waals surface area contributed by atoms with Crippen LogP contribution < -0.4 is 15.5 Å². The van der Waals surface area contributed by atoms with E-state index in [2.05, 4.69) is 39.3 Å². The second kappa shape index (κ2) is 13.7. The molecule has 2 aromatic rings. The third kappa shape index (κ3) is 7.76. The standard InChI is InChI=1S/C28H41N5O5S/c1-28(2)19-38-13-11-33(28)16-20-7-8-23(22(14-20)25(34)29-9-12-36-3)30-26(35)24-18-39-27(31-24)32-10-5-6-21(15-32)17-37-4/h7-8,14,18,21H,5-6,9-13,15-17,19H2,1-4H3,(H,29,34)(H,30,35)/t21-/m1/s1. The molecule has 1 atom stereocenters. The minimum atomic E-state index is -0.337. The third-order valence-electron chi connectivity index (χ3n) is 7.28. The molecular weight excluding hydrogens is 518 g/mol. The van der Waals surface area contributed by atoms with E-state index in [-0.39, 0.29) is 17.4 Å². The summed E-state index contributed by atoms with van der Waals surface area (Å²) in [4.78, 5) is 35.6. The lowest BCUT2D eigenvalue weighted by Crippen LogP contribution is -2.52. The number of anilines is 2. The minimum absolute atomic E-state index is 0.105. The first-order chi connectivity index (χ1) is 18.8. The van der Waals surface area contributed by atoms with E-state index in [0.717, 1.165) is 49.8 Å². The number of ether oxygens (including phenoxy) is 3. The van der Waals surface area contributed by atoms with Crippen molar-refractivity contribution in [1.82, 2.24) is 15.2 Å². The zero-order valence-electron chi connectivity index (χ0n) is 23.5. The SMILES string of the molecule is COCCNC(=O)c1cc(CN2CCOCC2(C)C)ccc1NC(=O)c1csc(N2CCC[C@@H](COC)C2)n1. The van der Waals surface area contributed by atoms with Crippen LogP contribution in [0.1, 0.15) is 53.1 Å². The Morgan fingerprint density at radius 3 is 2.82 bits per heavy atom. The molecule has 10 nitrogen and oxygen atoms in total. The van der Waals surface area contributed by atoms with Gasteiger partial charge in [0.1, 0.15) is 5.69 Å². The van der Waals surface area contributed by atoms with Crippen molar-refractivity contribution in [2.24, 2.45) is 5.92 Å². The van der Waals surface area contributed by atoms with Gasteiger partial charge in [-0.1, -0.05) is 6.07 Å². The number of methoxy groups -OCH3 is 2. The van der Waals surface area contributed by atoms with Crippen molar-refractivity contribution in [3.63, 3.8) is 0 Å². The Kier molecular flexibility index (Phi) is 10.3. The molecule has 0 spiro atoms. The number of aromatic nitrogens is 1. The topological polar surface area (TPSA) is 105 Å². The number of carbonyl (C=O) groups excluding carboxylic acids is 2. The largest absolute Gasteiger partial charge is 0.384 e. The van der Waals surface area contributed by atoms with Crippen molar-refractivity contribution in [2.75, 3.05) is 77.0 Å². The Morgan fingerprint density at radius 2 is 2.05 bits per heavy atom. The number of carbonyl (C=O) groups is 2. The molecule has 2 fully saturated rings. The normalized spacial score (nSPS) is 19.6. The highest BCUT2D eigenvalue weighted by Gasteiger charge is 2.31. The Morgan fingerprint density at radius 1 is 1.21 bits per heavy atom. The van der Waals surface area contributed by atoms with E-state index < -0.39 is 0 Å². The molecule has 1 aromatic heterocycles. The fourth-order valence-corrected chi connectivity index (χ4v) is 5.91. The van der Waals surface area contributed by atoms with Gasteiger partial charge >= 0.3 is 0 Å². The van der Waals surface area contributed by atoms with Crippen LogP contribution in [0.25, 0.3) is 0 Å². The summed E-state index contributed by atoms with van der Waals surface area (Å²) >= 11 is 1.47. The van der Waals surface area contributed by atoms with Crippen LogP contribution in [0.15, 0.2) is 23.6 Å². The molecule has 0 aliphatic carbocycles. The van der Waals surface area contributed by atoms with Crippen LogP contribution in [0.4, 0.5) is 10.8 Å². The molecule has 39 heavy (non-hydrogen) atoms. The van der Waals surface area contributed by atoms with Crippen LogP contribution in [0.5, 0.6) is 0 Å². The predicted octanol–water partition coefficient (Wildman–Crippen LogP) is 3.25. The van der Waals surface area contributed by atoms with Crippen molar-refractivity contribution < 1.29 is 23.8 Å². The Hall–Kier alpha value is -2.57. The molecule has 0 radical (unpaired) electrons. The number of benzene rings is 1. The van der Waals surface area contributed by atoms with Gasteiger partial charge in [-0.3, -0.25) is 14.5 Å². The fourth-order valence-electron chi connectivity index (χ4n) is 5.06. The van der Waals surface area contributed by atoms with Crippen LogP contribution >= 0.6 is 11.3 Å². The summed E-state index contributed by atoms with van der Waals surface area (Å²) in [6.45, 7) is 10.4. The highest BCUT2D eigenvalue weighted by molar-refractivity contribution is 7.14. The Bertz CT molecular complexity index is 1120. The quantitative estimate of drug-likeness (QED) is 0.405. The zero-order valence-corrected chi connectivity index (χ0v) is 24.3. The maximum atomic E-state index is 13.2. The highest BCUT2D eigenvalue weighted by atomic mass is 32.1. The first kappa shape index (κ1) is 29.4. The first-order valence-corrected chi connectivity index (χ1v) is 14.4. The van der Waals surface area contributed by atoms with E-state index in [1.54, 1.807) is 25.7 Å². The lowest BCUT2D eigenvalue weighted by Gasteiger charge is -2.42. The Labute approximate surface area is 235 Å². The van der Waals surface area contributed by atoms with E-state index >= 15 is 0 Å². The number of morpholine rings is 1. The van der Waals surface area contributed by atoms with Crippen LogP contribution in [-0.4, -0.2) is 94.1 Å². The van der Waals surface area contributed by atoms with E-state index in [1.165, 1.54) is 11.3 Å². The summed E-state index contributed by atoms with van der Waals surface area (Å²) in [5, 5.41) is 8.43. The third-order valence-corrected chi connectivity index (χ3v) is 8.18. The average molecular weight is 560 g/mol. The first-order valence-electron chi connectivity index (χ1n) is 13.5. The monoisotopic (exact) mass is 559 g/mol. The smallest absolute Gasteiger partial charge is 0.275 e. The van der Waals surface area contributed by atoms with Gasteiger partial charge in [0.2, 0.25) is 0 Å². The number of hydrogen-bond donors (Lipinski definition) is 2. The van der Waals surface area contributed by atoms with Crippen molar-refractivity contribution >= 4 is 34.0 Å². The Balaban J connectivity index is 1.49. The van der Waals surface area contributed by atoms with Gasteiger partial charge in [-0.15, -0.1) is 11.3 Å². The van der Waals surface area contributed by atoms with Gasteiger partial charge in [0.05, 0.1) is 37.7 Å². The number of nitrogens with one attached hydrogen (secondary N) is 2. The average Bonchev–Trinajstić information content (AvgIpc) is 3.42. The van der Waals surface area contributed by atoms with Gasteiger partial charge < -0.3 is 29.7 Å². The second-order valence-corrected chi connectivity index (χ2v) is 11.6. The van der Waals surface area contributed by atoms with E-state index in [9.17, 15) is 9.59 Å². The lowest BCUT2D eigenvalue weighted by molar-refractivity contribution is -0.0552. The molecule has 4 rings (SSSR count). The summed E-state index contributed by atoms with van der Waals surface area (Å²) in [7, 11) is 3.32. The molecule has 1 aromatic carbocycles. The summed E-state index contributed by atoms with van der Waals surface area (Å²) in [6, 6.07) is 5.63. The number of amides is 2. The van der Waals surface area contributed by atoms with E-state index in [4.69, 9.17) is 14.2 Å². The van der Waals surface area contributed by atoms with Gasteiger partial charge in [0.25, 0.3) is 11.8 Å². The molecule has 3 heterocycles. The number of piperidine rings is 1. The summed E-state index contributed by atoms with van der Waals surface area (Å²) < 4.78 is 16.1. The number of hydrogen-bond acceptors (Lipinski definition) is 9. The van der Waals surface area contributed by atoms with Gasteiger partial charge in [-0.2, -0.15) is 0 Å². The molecule has 2 N–H and O–H groups in total. The van der Waals surface area contributed by atoms with Gasteiger partial charge in [0.15, 0.2) is 5.13 Å².